The number of fused-ring (bicyclic) bond motifs is 1. The predicted molar refractivity (Wildman–Crippen MR) is 161 cm³/mol. The number of halogens is 3. The number of ether oxygens (including phenoxy) is 3. The molecule has 0 spiro atoms. The molecule has 4 aromatic rings. The maximum Gasteiger partial charge on any atom is 0.163 e. The van der Waals surface area contributed by atoms with Crippen LogP contribution in [0.25, 0.3) is 10.9 Å². The first-order valence-electron chi connectivity index (χ1n) is 13.6. The summed E-state index contributed by atoms with van der Waals surface area (Å²) in [5.41, 5.74) is 0.673. The molecule has 1 N–H and O–H groups in total. The Morgan fingerprint density at radius 1 is 1.12 bits per heavy atom. The first-order valence-corrected chi connectivity index (χ1v) is 15.7. The Balaban J connectivity index is 1.36. The number of nitrogens with one attached hydrogen (secondary N) is 1. The molecular formula is C31H30ClF2N3O5S. The van der Waals surface area contributed by atoms with E-state index in [2.05, 4.69) is 15.3 Å². The van der Waals surface area contributed by atoms with Crippen molar-refractivity contribution in [2.24, 2.45) is 0 Å². The van der Waals surface area contributed by atoms with Gasteiger partial charge < -0.3 is 19.5 Å². The van der Waals surface area contributed by atoms with E-state index in [1.54, 1.807) is 56.3 Å². The number of rotatable bonds is 12. The molecule has 1 aromatic heterocycles. The number of benzene rings is 3. The molecule has 0 fully saturated rings. The van der Waals surface area contributed by atoms with Crippen LogP contribution in [-0.2, 0) is 31.5 Å². The molecular weight excluding hydrogens is 600 g/mol. The van der Waals surface area contributed by atoms with E-state index >= 15 is 4.39 Å². The number of hydrogen-bond donors (Lipinski definition) is 1. The van der Waals surface area contributed by atoms with Gasteiger partial charge in [0.25, 0.3) is 0 Å². The third-order valence-electron chi connectivity index (χ3n) is 7.10. The lowest BCUT2D eigenvalue weighted by Crippen LogP contribution is -2.33. The van der Waals surface area contributed by atoms with Gasteiger partial charge in [0.15, 0.2) is 15.4 Å². The Morgan fingerprint density at radius 2 is 1.95 bits per heavy atom. The summed E-state index contributed by atoms with van der Waals surface area (Å²) in [6, 6.07) is 14.1. The zero-order chi connectivity index (χ0) is 30.6. The van der Waals surface area contributed by atoms with Crippen LogP contribution in [0.5, 0.6) is 5.75 Å². The van der Waals surface area contributed by atoms with Crippen molar-refractivity contribution in [3.63, 3.8) is 0 Å². The zero-order valence-corrected chi connectivity index (χ0v) is 25.1. The van der Waals surface area contributed by atoms with E-state index in [-0.39, 0.29) is 37.0 Å². The van der Waals surface area contributed by atoms with Crippen molar-refractivity contribution in [1.82, 2.24) is 9.97 Å². The summed E-state index contributed by atoms with van der Waals surface area (Å²) in [6.45, 7) is 3.28. The van der Waals surface area contributed by atoms with E-state index in [0.717, 1.165) is 0 Å². The molecule has 1 aliphatic rings. The molecule has 43 heavy (non-hydrogen) atoms. The van der Waals surface area contributed by atoms with Gasteiger partial charge in [-0.3, -0.25) is 0 Å². The third-order valence-corrected chi connectivity index (χ3v) is 9.56. The van der Waals surface area contributed by atoms with E-state index < -0.39 is 26.5 Å². The summed E-state index contributed by atoms with van der Waals surface area (Å²) in [7, 11) is -3.29. The highest BCUT2D eigenvalue weighted by Crippen LogP contribution is 2.39. The van der Waals surface area contributed by atoms with Crippen molar-refractivity contribution in [3.05, 3.63) is 101 Å². The molecule has 3 aromatic carbocycles. The van der Waals surface area contributed by atoms with Crippen LogP contribution < -0.4 is 10.1 Å². The summed E-state index contributed by atoms with van der Waals surface area (Å²) in [6.07, 6.45) is 4.90. The first-order chi connectivity index (χ1) is 20.6. The second-order valence-electron chi connectivity index (χ2n) is 10.4. The summed E-state index contributed by atoms with van der Waals surface area (Å²) >= 11 is 6.47. The van der Waals surface area contributed by atoms with Gasteiger partial charge in [-0.1, -0.05) is 23.7 Å². The molecule has 0 saturated carbocycles. The largest absolute Gasteiger partial charge is 0.488 e. The highest BCUT2D eigenvalue weighted by molar-refractivity contribution is 7.91. The molecule has 226 valence electrons. The minimum absolute atomic E-state index is 0.0422. The fourth-order valence-corrected chi connectivity index (χ4v) is 5.66. The molecule has 8 nitrogen and oxygen atoms in total. The van der Waals surface area contributed by atoms with Gasteiger partial charge in [-0.15, -0.1) is 0 Å². The van der Waals surface area contributed by atoms with Gasteiger partial charge in [-0.05, 0) is 61.9 Å². The quantitative estimate of drug-likeness (QED) is 0.170. The predicted octanol–water partition coefficient (Wildman–Crippen LogP) is 6.85. The van der Waals surface area contributed by atoms with E-state index in [4.69, 9.17) is 25.8 Å². The van der Waals surface area contributed by atoms with Crippen molar-refractivity contribution in [1.29, 1.82) is 0 Å². The van der Waals surface area contributed by atoms with Crippen molar-refractivity contribution in [2.75, 3.05) is 24.3 Å². The van der Waals surface area contributed by atoms with Gasteiger partial charge in [0.1, 0.15) is 36.1 Å². The van der Waals surface area contributed by atoms with Crippen LogP contribution >= 0.6 is 11.6 Å². The second-order valence-corrected chi connectivity index (χ2v) is 13.5. The van der Waals surface area contributed by atoms with Gasteiger partial charge >= 0.3 is 0 Å². The molecule has 1 unspecified atom stereocenters. The smallest absolute Gasteiger partial charge is 0.163 e. The van der Waals surface area contributed by atoms with Gasteiger partial charge in [0.2, 0.25) is 0 Å². The molecule has 1 aliphatic heterocycles. The number of aromatic nitrogens is 2. The van der Waals surface area contributed by atoms with E-state index in [9.17, 15) is 12.8 Å². The van der Waals surface area contributed by atoms with Crippen LogP contribution in [0.15, 0.2) is 73.3 Å². The van der Waals surface area contributed by atoms with Crippen LogP contribution in [0.1, 0.15) is 31.4 Å². The van der Waals surface area contributed by atoms with Crippen LogP contribution in [0.2, 0.25) is 5.02 Å². The third kappa shape index (κ3) is 7.06. The molecule has 5 rings (SSSR count). The van der Waals surface area contributed by atoms with Crippen molar-refractivity contribution < 1.29 is 31.4 Å². The minimum Gasteiger partial charge on any atom is -0.488 e. The van der Waals surface area contributed by atoms with E-state index in [1.165, 1.54) is 30.8 Å². The molecule has 0 bridgehead atoms. The summed E-state index contributed by atoms with van der Waals surface area (Å²) in [4.78, 5) is 8.60. The van der Waals surface area contributed by atoms with Crippen molar-refractivity contribution in [2.45, 2.75) is 37.7 Å². The van der Waals surface area contributed by atoms with Gasteiger partial charge in [-0.2, -0.15) is 0 Å². The maximum atomic E-state index is 15.5. The van der Waals surface area contributed by atoms with Crippen molar-refractivity contribution in [3.8, 4) is 5.75 Å². The number of anilines is 2. The van der Waals surface area contributed by atoms with Gasteiger partial charge in [-0.25, -0.2) is 27.2 Å². The Kier molecular flexibility index (Phi) is 9.14. The summed E-state index contributed by atoms with van der Waals surface area (Å²) < 4.78 is 70.7. The fourth-order valence-electron chi connectivity index (χ4n) is 4.60. The number of sulfone groups is 1. The molecule has 0 radical (unpaired) electrons. The number of nitrogens with zero attached hydrogens (tertiary/aromatic N) is 2. The maximum absolute atomic E-state index is 15.5. The van der Waals surface area contributed by atoms with Gasteiger partial charge in [0.05, 0.1) is 41.0 Å². The summed E-state index contributed by atoms with van der Waals surface area (Å²) in [5, 5.41) is 3.54. The SMILES string of the molecule is CC(C)S(=O)(=O)CCOCC1(c2cc3c(Nc4ccc(OCc5cccc(F)c5)c(Cl)c4)ncnc3cc2F)CC=CO1. The fraction of sp³-hybridized carbons (Fsp3) is 0.290. The highest BCUT2D eigenvalue weighted by atomic mass is 35.5. The van der Waals surface area contributed by atoms with Crippen LogP contribution in [-0.4, -0.2) is 42.6 Å². The second kappa shape index (κ2) is 12.8. The lowest BCUT2D eigenvalue weighted by atomic mass is 9.90. The lowest BCUT2D eigenvalue weighted by Gasteiger charge is -2.30. The normalized spacial score (nSPS) is 16.5. The lowest BCUT2D eigenvalue weighted by molar-refractivity contribution is -0.0439. The van der Waals surface area contributed by atoms with E-state index in [0.29, 0.717) is 45.2 Å². The van der Waals surface area contributed by atoms with Crippen LogP contribution in [0, 0.1) is 11.6 Å². The van der Waals surface area contributed by atoms with E-state index in [1.807, 2.05) is 0 Å². The Bertz CT molecular complexity index is 1760. The molecule has 12 heteroatoms. The standard InChI is InChI=1S/C31H30ClF2N3O5S/c1-20(2)43(38,39)12-11-40-18-31(9-4-10-42-31)25-15-24-28(16-27(25)34)35-19-36-30(24)37-23-7-8-29(26(32)14-23)41-17-21-5-3-6-22(33)13-21/h3-8,10,13-16,19-20H,9,11-12,17-18H2,1-2H3,(H,35,36,37). The number of hydrogen-bond acceptors (Lipinski definition) is 8. The first kappa shape index (κ1) is 30.7. The molecule has 0 aliphatic carbocycles. The summed E-state index contributed by atoms with van der Waals surface area (Å²) in [5.74, 6) is -0.212. The Labute approximate surface area is 253 Å². The average molecular weight is 630 g/mol. The minimum atomic E-state index is -3.29. The average Bonchev–Trinajstić information content (AvgIpc) is 3.44. The molecule has 1 atom stereocenters. The Morgan fingerprint density at radius 3 is 2.67 bits per heavy atom. The topological polar surface area (TPSA) is 99.6 Å². The van der Waals surface area contributed by atoms with Crippen LogP contribution in [0.3, 0.4) is 0 Å². The molecule has 0 saturated heterocycles. The van der Waals surface area contributed by atoms with Crippen molar-refractivity contribution >= 4 is 43.8 Å². The Hall–Kier alpha value is -3.80. The monoisotopic (exact) mass is 629 g/mol. The molecule has 2 heterocycles. The molecule has 0 amide bonds. The van der Waals surface area contributed by atoms with Crippen LogP contribution in [0.4, 0.5) is 20.3 Å². The van der Waals surface area contributed by atoms with Gasteiger partial charge in [0, 0.05) is 29.1 Å². The highest BCUT2D eigenvalue weighted by Gasteiger charge is 2.39. The zero-order valence-electron chi connectivity index (χ0n) is 23.5.